The summed E-state index contributed by atoms with van der Waals surface area (Å²) in [7, 11) is 0. The molecule has 2 bridgehead atoms. The predicted molar refractivity (Wildman–Crippen MR) is 83.0 cm³/mol. The lowest BCUT2D eigenvalue weighted by molar-refractivity contribution is 0.388. The van der Waals surface area contributed by atoms with Crippen molar-refractivity contribution in [3.05, 3.63) is 35.9 Å². The molecule has 2 aliphatic rings. The van der Waals surface area contributed by atoms with E-state index in [1.807, 2.05) is 6.07 Å². The molecule has 2 aliphatic carbocycles. The Bertz CT molecular complexity index is 445. The van der Waals surface area contributed by atoms with Crippen LogP contribution in [-0.4, -0.2) is 11.2 Å². The molecule has 0 spiro atoms. The maximum atomic E-state index is 5.46. The highest BCUT2D eigenvalue weighted by Gasteiger charge is 2.39. The van der Waals surface area contributed by atoms with Gasteiger partial charge in [0, 0.05) is 6.04 Å². The SMILES string of the molecule is CC(NC(=S)NC1CC2CCC1C2)c1ccccc1. The first-order valence-corrected chi connectivity index (χ1v) is 7.75. The van der Waals surface area contributed by atoms with E-state index in [1.54, 1.807) is 0 Å². The molecule has 0 aliphatic heterocycles. The van der Waals surface area contributed by atoms with E-state index in [0.29, 0.717) is 6.04 Å². The van der Waals surface area contributed by atoms with Crippen molar-refractivity contribution in [1.82, 2.24) is 10.6 Å². The van der Waals surface area contributed by atoms with Crippen molar-refractivity contribution in [2.75, 3.05) is 0 Å². The highest BCUT2D eigenvalue weighted by molar-refractivity contribution is 7.80. The summed E-state index contributed by atoms with van der Waals surface area (Å²) in [4.78, 5) is 0. The molecular weight excluding hydrogens is 252 g/mol. The maximum absolute atomic E-state index is 5.46. The van der Waals surface area contributed by atoms with Crippen LogP contribution >= 0.6 is 12.2 Å². The molecule has 4 atom stereocenters. The largest absolute Gasteiger partial charge is 0.360 e. The van der Waals surface area contributed by atoms with Crippen LogP contribution in [0.1, 0.15) is 44.2 Å². The minimum absolute atomic E-state index is 0.264. The number of thiocarbonyl (C=S) groups is 1. The summed E-state index contributed by atoms with van der Waals surface area (Å²) in [6.45, 7) is 2.16. The Kier molecular flexibility index (Phi) is 3.74. The Labute approximate surface area is 121 Å². The van der Waals surface area contributed by atoms with Gasteiger partial charge in [0.1, 0.15) is 0 Å². The molecule has 0 radical (unpaired) electrons. The first-order valence-electron chi connectivity index (χ1n) is 7.34. The normalized spacial score (nSPS) is 30.1. The second-order valence-corrected chi connectivity index (χ2v) is 6.44. The van der Waals surface area contributed by atoms with E-state index in [9.17, 15) is 0 Å². The van der Waals surface area contributed by atoms with Crippen LogP contribution in [0.4, 0.5) is 0 Å². The molecule has 0 aromatic heterocycles. The molecule has 2 saturated carbocycles. The zero-order valence-corrected chi connectivity index (χ0v) is 12.2. The summed E-state index contributed by atoms with van der Waals surface area (Å²) in [6, 6.07) is 11.3. The van der Waals surface area contributed by atoms with E-state index in [2.05, 4.69) is 41.8 Å². The molecule has 2 N–H and O–H groups in total. The van der Waals surface area contributed by atoms with Crippen molar-refractivity contribution >= 4 is 17.3 Å². The van der Waals surface area contributed by atoms with E-state index in [4.69, 9.17) is 12.2 Å². The van der Waals surface area contributed by atoms with Crippen molar-refractivity contribution in [3.63, 3.8) is 0 Å². The van der Waals surface area contributed by atoms with Crippen LogP contribution in [-0.2, 0) is 0 Å². The van der Waals surface area contributed by atoms with E-state index in [-0.39, 0.29) is 6.04 Å². The zero-order chi connectivity index (χ0) is 13.2. The highest BCUT2D eigenvalue weighted by atomic mass is 32.1. The molecule has 102 valence electrons. The van der Waals surface area contributed by atoms with Gasteiger partial charge in [-0.1, -0.05) is 36.8 Å². The molecule has 0 amide bonds. The lowest BCUT2D eigenvalue weighted by atomic mass is 9.95. The van der Waals surface area contributed by atoms with Crippen LogP contribution in [0.15, 0.2) is 30.3 Å². The molecule has 1 aromatic rings. The first-order chi connectivity index (χ1) is 9.22. The van der Waals surface area contributed by atoms with Crippen LogP contribution < -0.4 is 10.6 Å². The Balaban J connectivity index is 1.51. The fourth-order valence-electron chi connectivity index (χ4n) is 3.65. The molecule has 3 rings (SSSR count). The summed E-state index contributed by atoms with van der Waals surface area (Å²) in [5.74, 6) is 1.81. The molecule has 0 saturated heterocycles. The lowest BCUT2D eigenvalue weighted by Gasteiger charge is -2.26. The summed E-state index contributed by atoms with van der Waals surface area (Å²) in [5, 5.41) is 7.75. The van der Waals surface area contributed by atoms with E-state index in [1.165, 1.54) is 31.2 Å². The lowest BCUT2D eigenvalue weighted by Crippen LogP contribution is -2.44. The van der Waals surface area contributed by atoms with Crippen LogP contribution in [0.25, 0.3) is 0 Å². The Morgan fingerprint density at radius 3 is 2.63 bits per heavy atom. The van der Waals surface area contributed by atoms with Crippen LogP contribution in [0.2, 0.25) is 0 Å². The molecule has 1 aromatic carbocycles. The minimum atomic E-state index is 0.264. The number of nitrogens with one attached hydrogen (secondary N) is 2. The van der Waals surface area contributed by atoms with Crippen LogP contribution in [0.5, 0.6) is 0 Å². The monoisotopic (exact) mass is 274 g/mol. The van der Waals surface area contributed by atoms with Gasteiger partial charge in [-0.3, -0.25) is 0 Å². The van der Waals surface area contributed by atoms with E-state index in [0.717, 1.165) is 16.9 Å². The van der Waals surface area contributed by atoms with Gasteiger partial charge in [0.25, 0.3) is 0 Å². The Hall–Kier alpha value is -1.09. The zero-order valence-electron chi connectivity index (χ0n) is 11.4. The van der Waals surface area contributed by atoms with Crippen molar-refractivity contribution in [2.24, 2.45) is 11.8 Å². The van der Waals surface area contributed by atoms with Gasteiger partial charge >= 0.3 is 0 Å². The summed E-state index contributed by atoms with van der Waals surface area (Å²) in [5.41, 5.74) is 1.28. The predicted octanol–water partition coefficient (Wildman–Crippen LogP) is 3.40. The summed E-state index contributed by atoms with van der Waals surface area (Å²) in [6.07, 6.45) is 5.55. The highest BCUT2D eigenvalue weighted by Crippen LogP contribution is 2.44. The average Bonchev–Trinajstić information content (AvgIpc) is 3.02. The molecule has 3 heteroatoms. The van der Waals surface area contributed by atoms with Gasteiger partial charge in [-0.25, -0.2) is 0 Å². The number of fused-ring (bicyclic) bond motifs is 2. The van der Waals surface area contributed by atoms with Crippen LogP contribution in [0.3, 0.4) is 0 Å². The van der Waals surface area contributed by atoms with Gasteiger partial charge < -0.3 is 10.6 Å². The molecule has 4 unspecified atom stereocenters. The molecule has 2 fully saturated rings. The Morgan fingerprint density at radius 1 is 1.21 bits per heavy atom. The second-order valence-electron chi connectivity index (χ2n) is 6.03. The maximum Gasteiger partial charge on any atom is 0.166 e. The number of hydrogen-bond acceptors (Lipinski definition) is 1. The average molecular weight is 274 g/mol. The number of benzene rings is 1. The van der Waals surface area contributed by atoms with E-state index < -0.39 is 0 Å². The van der Waals surface area contributed by atoms with Gasteiger partial charge in [0.2, 0.25) is 0 Å². The summed E-state index contributed by atoms with van der Waals surface area (Å²) < 4.78 is 0. The molecule has 0 heterocycles. The third kappa shape index (κ3) is 2.92. The van der Waals surface area contributed by atoms with Crippen LogP contribution in [0, 0.1) is 11.8 Å². The summed E-state index contributed by atoms with van der Waals surface area (Å²) >= 11 is 5.46. The Morgan fingerprint density at radius 2 is 2.00 bits per heavy atom. The quantitative estimate of drug-likeness (QED) is 0.826. The first kappa shape index (κ1) is 12.9. The van der Waals surface area contributed by atoms with Gasteiger partial charge in [-0.15, -0.1) is 0 Å². The minimum Gasteiger partial charge on any atom is -0.360 e. The molecule has 19 heavy (non-hydrogen) atoms. The van der Waals surface area contributed by atoms with Gasteiger partial charge in [-0.05, 0) is 55.8 Å². The smallest absolute Gasteiger partial charge is 0.166 e. The number of rotatable bonds is 3. The van der Waals surface area contributed by atoms with Gasteiger partial charge in [0.15, 0.2) is 5.11 Å². The fourth-order valence-corrected chi connectivity index (χ4v) is 3.98. The van der Waals surface area contributed by atoms with Gasteiger partial charge in [-0.2, -0.15) is 0 Å². The van der Waals surface area contributed by atoms with Crippen molar-refractivity contribution in [3.8, 4) is 0 Å². The number of hydrogen-bond donors (Lipinski definition) is 2. The topological polar surface area (TPSA) is 24.1 Å². The third-order valence-corrected chi connectivity index (χ3v) is 4.94. The molecule has 2 nitrogen and oxygen atoms in total. The van der Waals surface area contributed by atoms with Crippen molar-refractivity contribution in [2.45, 2.75) is 44.7 Å². The van der Waals surface area contributed by atoms with E-state index >= 15 is 0 Å². The van der Waals surface area contributed by atoms with Crippen molar-refractivity contribution < 1.29 is 0 Å². The standard InChI is InChI=1S/C16H22N2S/c1-11(13-5-3-2-4-6-13)17-16(19)18-15-10-12-7-8-14(15)9-12/h2-6,11-12,14-15H,7-10H2,1H3,(H2,17,18,19). The van der Waals surface area contributed by atoms with Gasteiger partial charge in [0.05, 0.1) is 6.04 Å². The fraction of sp³-hybridized carbons (Fsp3) is 0.562. The molecular formula is C16H22N2S. The third-order valence-electron chi connectivity index (χ3n) is 4.70. The van der Waals surface area contributed by atoms with Crippen molar-refractivity contribution in [1.29, 1.82) is 0 Å². The second kappa shape index (κ2) is 5.49.